The fourth-order valence-corrected chi connectivity index (χ4v) is 2.76. The summed E-state index contributed by atoms with van der Waals surface area (Å²) in [5.74, 6) is -1.38. The quantitative estimate of drug-likeness (QED) is 0.655. The number of carboxylic acids is 1. The molecule has 4 nitrogen and oxygen atoms in total. The van der Waals surface area contributed by atoms with Gasteiger partial charge in [0.25, 0.3) is 0 Å². The van der Waals surface area contributed by atoms with Gasteiger partial charge in [0.15, 0.2) is 5.78 Å². The fraction of sp³-hybridized carbons (Fsp3) is 0.222. The molecule has 0 bridgehead atoms. The molecule has 0 atom stereocenters. The van der Waals surface area contributed by atoms with Crippen LogP contribution in [0, 0.1) is 0 Å². The van der Waals surface area contributed by atoms with Crippen molar-refractivity contribution in [2.45, 2.75) is 26.7 Å². The second-order valence-corrected chi connectivity index (χ2v) is 5.05. The monoisotopic (exact) mass is 297 g/mol. The number of nitrogen functional groups attached to an aromatic ring is 1. The van der Waals surface area contributed by atoms with Crippen molar-refractivity contribution in [2.24, 2.45) is 0 Å². The first-order chi connectivity index (χ1) is 10.5. The van der Waals surface area contributed by atoms with Crippen molar-refractivity contribution in [3.05, 3.63) is 64.2 Å². The van der Waals surface area contributed by atoms with Gasteiger partial charge in [-0.2, -0.15) is 0 Å². The number of anilines is 1. The van der Waals surface area contributed by atoms with Gasteiger partial charge in [0.1, 0.15) is 0 Å². The molecule has 0 aliphatic carbocycles. The van der Waals surface area contributed by atoms with Gasteiger partial charge in [0, 0.05) is 16.8 Å². The molecule has 22 heavy (non-hydrogen) atoms. The van der Waals surface area contributed by atoms with Crippen molar-refractivity contribution in [3.63, 3.8) is 0 Å². The molecule has 0 fully saturated rings. The number of hydrogen-bond acceptors (Lipinski definition) is 3. The maximum Gasteiger partial charge on any atom is 0.336 e. The van der Waals surface area contributed by atoms with E-state index in [1.165, 1.54) is 6.07 Å². The highest BCUT2D eigenvalue weighted by Crippen LogP contribution is 2.26. The van der Waals surface area contributed by atoms with Crippen molar-refractivity contribution in [1.29, 1.82) is 0 Å². The van der Waals surface area contributed by atoms with E-state index < -0.39 is 5.97 Å². The summed E-state index contributed by atoms with van der Waals surface area (Å²) in [7, 11) is 0. The summed E-state index contributed by atoms with van der Waals surface area (Å²) in [5, 5.41) is 9.26. The van der Waals surface area contributed by atoms with Gasteiger partial charge in [0.05, 0.1) is 5.56 Å². The van der Waals surface area contributed by atoms with Crippen LogP contribution < -0.4 is 5.73 Å². The van der Waals surface area contributed by atoms with Crippen molar-refractivity contribution >= 4 is 17.4 Å². The van der Waals surface area contributed by atoms with Crippen LogP contribution in [-0.4, -0.2) is 16.9 Å². The Morgan fingerprint density at radius 3 is 2.05 bits per heavy atom. The van der Waals surface area contributed by atoms with Crippen LogP contribution in [0.5, 0.6) is 0 Å². The summed E-state index contributed by atoms with van der Waals surface area (Å²) in [6, 6.07) is 9.68. The summed E-state index contributed by atoms with van der Waals surface area (Å²) in [4.78, 5) is 24.1. The van der Waals surface area contributed by atoms with Gasteiger partial charge in [-0.3, -0.25) is 4.79 Å². The fourth-order valence-electron chi connectivity index (χ4n) is 2.76. The Bertz CT molecular complexity index is 735. The standard InChI is InChI=1S/C18H19NO3/c1-3-11-12(4-2)16(19)10-9-14(11)17(20)13-7-5-6-8-15(13)18(21)22/h5-10H,3-4,19H2,1-2H3,(H,21,22). The topological polar surface area (TPSA) is 80.4 Å². The Morgan fingerprint density at radius 2 is 1.50 bits per heavy atom. The third kappa shape index (κ3) is 2.72. The third-order valence-electron chi connectivity index (χ3n) is 3.82. The van der Waals surface area contributed by atoms with Crippen LogP contribution in [0.2, 0.25) is 0 Å². The van der Waals surface area contributed by atoms with Crippen LogP contribution in [0.25, 0.3) is 0 Å². The minimum Gasteiger partial charge on any atom is -0.478 e. The molecule has 0 aliphatic rings. The van der Waals surface area contributed by atoms with Crippen LogP contribution in [0.1, 0.15) is 51.3 Å². The Hall–Kier alpha value is -2.62. The molecule has 2 aromatic carbocycles. The summed E-state index contributed by atoms with van der Waals surface area (Å²) in [6.45, 7) is 3.96. The highest BCUT2D eigenvalue weighted by atomic mass is 16.4. The van der Waals surface area contributed by atoms with Crippen LogP contribution in [0.15, 0.2) is 36.4 Å². The number of ketones is 1. The Kier molecular flexibility index (Phi) is 4.61. The SMILES string of the molecule is CCc1c(N)ccc(C(=O)c2ccccc2C(=O)O)c1CC. The molecule has 4 heteroatoms. The molecule has 0 saturated carbocycles. The first-order valence-electron chi connectivity index (χ1n) is 7.28. The summed E-state index contributed by atoms with van der Waals surface area (Å²) < 4.78 is 0. The Morgan fingerprint density at radius 1 is 0.909 bits per heavy atom. The van der Waals surface area contributed by atoms with E-state index in [0.717, 1.165) is 17.5 Å². The lowest BCUT2D eigenvalue weighted by molar-refractivity contribution is 0.0693. The second kappa shape index (κ2) is 6.43. The number of carbonyl (C=O) groups is 2. The lowest BCUT2D eigenvalue weighted by atomic mass is 9.89. The predicted octanol–water partition coefficient (Wildman–Crippen LogP) is 3.32. The first kappa shape index (κ1) is 15.8. The molecule has 0 amide bonds. The predicted molar refractivity (Wildman–Crippen MR) is 86.4 cm³/mol. The number of hydrogen-bond donors (Lipinski definition) is 2. The van der Waals surface area contributed by atoms with Crippen molar-refractivity contribution < 1.29 is 14.7 Å². The smallest absolute Gasteiger partial charge is 0.336 e. The maximum atomic E-state index is 12.8. The van der Waals surface area contributed by atoms with Gasteiger partial charge < -0.3 is 10.8 Å². The minimum atomic E-state index is -1.10. The normalized spacial score (nSPS) is 10.5. The highest BCUT2D eigenvalue weighted by Gasteiger charge is 2.21. The van der Waals surface area contributed by atoms with Gasteiger partial charge in [-0.1, -0.05) is 32.0 Å². The Labute approximate surface area is 129 Å². The largest absolute Gasteiger partial charge is 0.478 e. The van der Waals surface area contributed by atoms with E-state index in [2.05, 4.69) is 0 Å². The Balaban J connectivity index is 2.63. The maximum absolute atomic E-state index is 12.8. The van der Waals surface area contributed by atoms with E-state index in [1.807, 2.05) is 13.8 Å². The number of benzene rings is 2. The van der Waals surface area contributed by atoms with Crippen LogP contribution in [-0.2, 0) is 12.8 Å². The van der Waals surface area contributed by atoms with Gasteiger partial charge >= 0.3 is 5.97 Å². The van der Waals surface area contributed by atoms with E-state index in [9.17, 15) is 14.7 Å². The van der Waals surface area contributed by atoms with E-state index in [0.29, 0.717) is 17.7 Å². The number of carboxylic acid groups (broad SMARTS) is 1. The molecule has 0 saturated heterocycles. The number of aromatic carboxylic acids is 1. The molecule has 0 spiro atoms. The van der Waals surface area contributed by atoms with Gasteiger partial charge in [-0.15, -0.1) is 0 Å². The van der Waals surface area contributed by atoms with Crippen molar-refractivity contribution in [3.8, 4) is 0 Å². The summed E-state index contributed by atoms with van der Waals surface area (Å²) in [5.41, 5.74) is 9.27. The molecule has 0 heterocycles. The van der Waals surface area contributed by atoms with Crippen LogP contribution in [0.3, 0.4) is 0 Å². The first-order valence-corrected chi connectivity index (χ1v) is 7.28. The average Bonchev–Trinajstić information content (AvgIpc) is 2.53. The van der Waals surface area contributed by atoms with E-state index in [4.69, 9.17) is 5.73 Å². The average molecular weight is 297 g/mol. The second-order valence-electron chi connectivity index (χ2n) is 5.05. The minimum absolute atomic E-state index is 0.0180. The van der Waals surface area contributed by atoms with Crippen LogP contribution >= 0.6 is 0 Å². The third-order valence-corrected chi connectivity index (χ3v) is 3.82. The number of nitrogens with two attached hydrogens (primary N) is 1. The molecule has 0 aliphatic heterocycles. The molecule has 0 radical (unpaired) electrons. The lowest BCUT2D eigenvalue weighted by Gasteiger charge is -2.15. The molecule has 0 aromatic heterocycles. The lowest BCUT2D eigenvalue weighted by Crippen LogP contribution is -2.13. The van der Waals surface area contributed by atoms with E-state index in [-0.39, 0.29) is 16.9 Å². The van der Waals surface area contributed by atoms with E-state index in [1.54, 1.807) is 30.3 Å². The number of rotatable bonds is 5. The molecule has 3 N–H and O–H groups in total. The summed E-state index contributed by atoms with van der Waals surface area (Å²) >= 11 is 0. The zero-order valence-electron chi connectivity index (χ0n) is 12.7. The van der Waals surface area contributed by atoms with Gasteiger partial charge in [-0.05, 0) is 42.2 Å². The zero-order valence-corrected chi connectivity index (χ0v) is 12.7. The van der Waals surface area contributed by atoms with Crippen molar-refractivity contribution in [1.82, 2.24) is 0 Å². The zero-order chi connectivity index (χ0) is 16.3. The molecule has 0 unspecified atom stereocenters. The molecule has 2 rings (SSSR count). The van der Waals surface area contributed by atoms with Crippen LogP contribution in [0.4, 0.5) is 5.69 Å². The molecular weight excluding hydrogens is 278 g/mol. The summed E-state index contributed by atoms with van der Waals surface area (Å²) in [6.07, 6.45) is 1.40. The van der Waals surface area contributed by atoms with Crippen molar-refractivity contribution in [2.75, 3.05) is 5.73 Å². The van der Waals surface area contributed by atoms with Gasteiger partial charge in [0.2, 0.25) is 0 Å². The molecular formula is C18H19NO3. The van der Waals surface area contributed by atoms with Gasteiger partial charge in [-0.25, -0.2) is 4.79 Å². The molecule has 114 valence electrons. The van der Waals surface area contributed by atoms with E-state index >= 15 is 0 Å². The highest BCUT2D eigenvalue weighted by molar-refractivity contribution is 6.15. The molecule has 2 aromatic rings. The number of carbonyl (C=O) groups excluding carboxylic acids is 1.